The SMILES string of the molecule is CC1(C)CCN(Cc2cc(F)c(N3CC(=O)NC4(CCN(C5(C)C=C(NCCCC(=O)N6CCC(CN7CCN(c8ccc9c(c8)C(=O)N(C8CCC(=O)NC8=O)C9=O)CC7)CC6)NC=N5)CC4)C3)cc2F)CC1. The Bertz CT molecular complexity index is 2590. The van der Waals surface area contributed by atoms with E-state index in [0.717, 1.165) is 101 Å². The summed E-state index contributed by atoms with van der Waals surface area (Å²) in [7, 11) is 0. The van der Waals surface area contributed by atoms with E-state index in [-0.39, 0.29) is 53.4 Å². The Morgan fingerprint density at radius 1 is 0.784 bits per heavy atom. The summed E-state index contributed by atoms with van der Waals surface area (Å²) in [6, 6.07) is 6.88. The molecule has 2 aromatic carbocycles. The van der Waals surface area contributed by atoms with Gasteiger partial charge in [0.1, 0.15) is 29.2 Å². The van der Waals surface area contributed by atoms with Crippen molar-refractivity contribution in [3.05, 3.63) is 70.6 Å². The molecular weight excluding hydrogens is 951 g/mol. The summed E-state index contributed by atoms with van der Waals surface area (Å²) in [6.07, 6.45) is 10.3. The van der Waals surface area contributed by atoms with Gasteiger partial charge in [-0.1, -0.05) is 13.8 Å². The van der Waals surface area contributed by atoms with E-state index in [2.05, 4.69) is 67.7 Å². The predicted molar refractivity (Wildman–Crippen MR) is 275 cm³/mol. The number of carbonyl (C=O) groups is 6. The number of piperidine rings is 4. The molecule has 10 rings (SSSR count). The fourth-order valence-electron chi connectivity index (χ4n) is 12.4. The second kappa shape index (κ2) is 21.0. The summed E-state index contributed by atoms with van der Waals surface area (Å²) < 4.78 is 31.3. The highest BCUT2D eigenvalue weighted by Gasteiger charge is 2.47. The second-order valence-corrected chi connectivity index (χ2v) is 22.9. The number of hydrogen-bond donors (Lipinski definition) is 4. The zero-order chi connectivity index (χ0) is 51.9. The fraction of sp³-hybridized carbons (Fsp3) is 0.611. The number of rotatable bonds is 13. The van der Waals surface area contributed by atoms with Crippen LogP contribution in [0.4, 0.5) is 20.2 Å². The highest BCUT2D eigenvalue weighted by Crippen LogP contribution is 2.37. The van der Waals surface area contributed by atoms with Crippen LogP contribution in [0.5, 0.6) is 0 Å². The number of amides is 6. The number of aliphatic imine (C=N–C) groups is 1. The van der Waals surface area contributed by atoms with Gasteiger partial charge in [0.05, 0.1) is 35.2 Å². The molecule has 6 saturated heterocycles. The van der Waals surface area contributed by atoms with Crippen molar-refractivity contribution in [3.63, 3.8) is 0 Å². The van der Waals surface area contributed by atoms with E-state index < -0.39 is 52.5 Å². The van der Waals surface area contributed by atoms with Crippen LogP contribution in [0.1, 0.15) is 111 Å². The molecule has 8 heterocycles. The standard InChI is InChI=1S/C54H72F2N12O6/c1-52(2)12-19-62(20-13-52)32-37-27-42(56)44(29-41(37)55)66-33-47(70)61-54(34-66)14-21-67(22-15-54)53(3)30-45(58-35-59-53)57-16-4-5-48(71)65-17-10-36(11-18-65)31-63-23-25-64(26-24-63)38-6-7-39-40(28-38)51(74)68(50(39)73)43-8-9-46(69)60-49(43)72/h6-7,27-30,35-36,43,57H,4-5,8-26,31-34H2,1-3H3,(H,58,59)(H,61,70)(H,60,69,72). The maximum Gasteiger partial charge on any atom is 0.262 e. The summed E-state index contributed by atoms with van der Waals surface area (Å²) in [5.74, 6) is -1.69. The van der Waals surface area contributed by atoms with Crippen LogP contribution >= 0.6 is 0 Å². The number of imide groups is 2. The van der Waals surface area contributed by atoms with E-state index in [1.54, 1.807) is 23.4 Å². The zero-order valence-electron chi connectivity index (χ0n) is 43.2. The third-order valence-electron chi connectivity index (χ3n) is 17.1. The van der Waals surface area contributed by atoms with Crippen LogP contribution < -0.4 is 31.1 Å². The molecule has 18 nitrogen and oxygen atoms in total. The van der Waals surface area contributed by atoms with Gasteiger partial charge in [-0.25, -0.2) is 13.8 Å². The van der Waals surface area contributed by atoms with Gasteiger partial charge in [0, 0.05) is 109 Å². The molecule has 0 aliphatic carbocycles. The summed E-state index contributed by atoms with van der Waals surface area (Å²) in [5, 5.41) is 12.1. The van der Waals surface area contributed by atoms with Crippen molar-refractivity contribution >= 4 is 53.2 Å². The molecule has 398 valence electrons. The average Bonchev–Trinajstić information content (AvgIpc) is 3.62. The number of fused-ring (bicyclic) bond motifs is 1. The molecule has 2 aromatic rings. The minimum atomic E-state index is -0.990. The number of piperazine rings is 2. The first-order valence-corrected chi connectivity index (χ1v) is 26.8. The van der Waals surface area contributed by atoms with Crippen LogP contribution in [0.2, 0.25) is 0 Å². The van der Waals surface area contributed by atoms with E-state index in [1.807, 2.05) is 11.0 Å². The molecular formula is C54H72F2N12O6. The fourth-order valence-corrected chi connectivity index (χ4v) is 12.4. The second-order valence-electron chi connectivity index (χ2n) is 22.9. The van der Waals surface area contributed by atoms with Gasteiger partial charge in [0.15, 0.2) is 0 Å². The van der Waals surface area contributed by atoms with Crippen molar-refractivity contribution in [1.82, 2.24) is 45.8 Å². The largest absolute Gasteiger partial charge is 0.372 e. The van der Waals surface area contributed by atoms with Crippen molar-refractivity contribution in [2.45, 2.75) is 109 Å². The van der Waals surface area contributed by atoms with E-state index in [1.165, 1.54) is 12.1 Å². The smallest absolute Gasteiger partial charge is 0.262 e. The van der Waals surface area contributed by atoms with Gasteiger partial charge in [0.25, 0.3) is 11.8 Å². The van der Waals surface area contributed by atoms with Gasteiger partial charge < -0.3 is 30.7 Å². The molecule has 4 N–H and O–H groups in total. The maximum atomic E-state index is 15.8. The molecule has 74 heavy (non-hydrogen) atoms. The molecule has 20 heteroatoms. The summed E-state index contributed by atoms with van der Waals surface area (Å²) in [4.78, 5) is 95.8. The molecule has 8 aliphatic rings. The molecule has 0 radical (unpaired) electrons. The zero-order valence-corrected chi connectivity index (χ0v) is 43.2. The molecule has 1 spiro atoms. The maximum absolute atomic E-state index is 15.8. The van der Waals surface area contributed by atoms with E-state index >= 15 is 8.78 Å². The van der Waals surface area contributed by atoms with Gasteiger partial charge in [-0.2, -0.15) is 0 Å². The number of benzene rings is 2. The summed E-state index contributed by atoms with van der Waals surface area (Å²) in [5.41, 5.74) is 0.937. The number of likely N-dealkylation sites (tertiary alicyclic amines) is 3. The molecule has 6 amide bonds. The quantitative estimate of drug-likeness (QED) is 0.169. The molecule has 0 bridgehead atoms. The Hall–Kier alpha value is -5.99. The van der Waals surface area contributed by atoms with Crippen LogP contribution in [-0.2, 0) is 25.7 Å². The Labute approximate surface area is 432 Å². The number of anilines is 2. The van der Waals surface area contributed by atoms with Gasteiger partial charge in [-0.15, -0.1) is 0 Å². The minimum Gasteiger partial charge on any atom is -0.372 e. The first kappa shape index (κ1) is 51.5. The van der Waals surface area contributed by atoms with Crippen molar-refractivity contribution in [1.29, 1.82) is 0 Å². The van der Waals surface area contributed by atoms with Crippen LogP contribution in [0, 0.1) is 23.0 Å². The first-order chi connectivity index (χ1) is 35.4. The predicted octanol–water partition coefficient (Wildman–Crippen LogP) is 3.38. The lowest BCUT2D eigenvalue weighted by molar-refractivity contribution is -0.136. The Balaban J connectivity index is 0.631. The molecule has 2 unspecified atom stereocenters. The molecule has 8 aliphatic heterocycles. The number of hydrogen-bond acceptors (Lipinski definition) is 14. The topological polar surface area (TPSA) is 186 Å². The summed E-state index contributed by atoms with van der Waals surface area (Å²) >= 11 is 0. The highest BCUT2D eigenvalue weighted by molar-refractivity contribution is 6.23. The Kier molecular flexibility index (Phi) is 14.6. The van der Waals surface area contributed by atoms with Crippen LogP contribution in [0.3, 0.4) is 0 Å². The molecule has 2 atom stereocenters. The first-order valence-electron chi connectivity index (χ1n) is 26.8. The third kappa shape index (κ3) is 11.0. The Morgan fingerprint density at radius 2 is 1.51 bits per heavy atom. The van der Waals surface area contributed by atoms with E-state index in [9.17, 15) is 28.8 Å². The van der Waals surface area contributed by atoms with Gasteiger partial charge in [-0.05, 0) is 113 Å². The van der Waals surface area contributed by atoms with Crippen molar-refractivity contribution < 1.29 is 37.5 Å². The van der Waals surface area contributed by atoms with Gasteiger partial charge in [-0.3, -0.25) is 53.7 Å². The third-order valence-corrected chi connectivity index (χ3v) is 17.1. The number of halogens is 2. The minimum absolute atomic E-state index is 0.0318. The lowest BCUT2D eigenvalue weighted by Gasteiger charge is -2.51. The van der Waals surface area contributed by atoms with Crippen molar-refractivity contribution in [3.8, 4) is 0 Å². The number of carbonyl (C=O) groups excluding carboxylic acids is 6. The molecule has 6 fully saturated rings. The van der Waals surface area contributed by atoms with E-state index in [4.69, 9.17) is 4.99 Å². The van der Waals surface area contributed by atoms with Gasteiger partial charge in [0.2, 0.25) is 23.6 Å². The normalized spacial score (nSPS) is 26.0. The highest BCUT2D eigenvalue weighted by atomic mass is 19.1. The van der Waals surface area contributed by atoms with Crippen LogP contribution in [0.25, 0.3) is 0 Å². The average molecular weight is 1020 g/mol. The molecule has 0 aromatic heterocycles. The van der Waals surface area contributed by atoms with Crippen molar-refractivity contribution in [2.75, 3.05) is 101 Å². The van der Waals surface area contributed by atoms with Crippen molar-refractivity contribution in [2.24, 2.45) is 16.3 Å². The summed E-state index contributed by atoms with van der Waals surface area (Å²) in [6.45, 7) is 16.6. The van der Waals surface area contributed by atoms with E-state index in [0.29, 0.717) is 69.9 Å². The lowest BCUT2D eigenvalue weighted by Crippen LogP contribution is -2.67. The number of nitrogens with one attached hydrogen (secondary N) is 4. The van der Waals surface area contributed by atoms with Crippen LogP contribution in [-0.4, -0.2) is 175 Å². The monoisotopic (exact) mass is 1020 g/mol. The lowest BCUT2D eigenvalue weighted by atomic mass is 9.82. The van der Waals surface area contributed by atoms with Crippen LogP contribution in [0.15, 0.2) is 47.2 Å². The van der Waals surface area contributed by atoms with Gasteiger partial charge >= 0.3 is 0 Å². The Morgan fingerprint density at radius 3 is 2.24 bits per heavy atom. The molecule has 0 saturated carbocycles. The number of nitrogens with zero attached hydrogens (tertiary/aromatic N) is 8.